The second-order valence-corrected chi connectivity index (χ2v) is 7.81. The van der Waals surface area contributed by atoms with E-state index in [1.54, 1.807) is 36.7 Å². The lowest BCUT2D eigenvalue weighted by Crippen LogP contribution is -2.19. The minimum absolute atomic E-state index is 0.111. The van der Waals surface area contributed by atoms with E-state index in [4.69, 9.17) is 9.97 Å². The molecule has 35 heavy (non-hydrogen) atoms. The molecule has 10 nitrogen and oxygen atoms in total. The van der Waals surface area contributed by atoms with Gasteiger partial charge in [0.15, 0.2) is 0 Å². The summed E-state index contributed by atoms with van der Waals surface area (Å²) in [5.74, 6) is 0. The van der Waals surface area contributed by atoms with Crippen molar-refractivity contribution in [3.05, 3.63) is 89.2 Å². The molecule has 3 aromatic heterocycles. The molecular formula is C25H15N7O3. The number of urea groups is 1. The summed E-state index contributed by atoms with van der Waals surface area (Å²) in [4.78, 5) is 41.7. The van der Waals surface area contributed by atoms with E-state index in [9.17, 15) is 14.9 Å². The monoisotopic (exact) mass is 461 g/mol. The van der Waals surface area contributed by atoms with Gasteiger partial charge in [-0.25, -0.2) is 14.8 Å². The second-order valence-electron chi connectivity index (χ2n) is 7.81. The number of nitrogens with one attached hydrogen (secondary N) is 2. The van der Waals surface area contributed by atoms with Gasteiger partial charge in [0, 0.05) is 46.7 Å². The largest absolute Gasteiger partial charge is 0.323 e. The maximum absolute atomic E-state index is 12.5. The number of non-ortho nitro benzene ring substituents is 1. The molecule has 0 unspecified atom stereocenters. The minimum Gasteiger partial charge on any atom is -0.308 e. The quantitative estimate of drug-likeness (QED) is 0.155. The first-order chi connectivity index (χ1) is 17.1. The van der Waals surface area contributed by atoms with Crippen molar-refractivity contribution in [2.75, 3.05) is 10.6 Å². The number of fused-ring (bicyclic) bond motifs is 7. The predicted molar refractivity (Wildman–Crippen MR) is 133 cm³/mol. The first-order valence-corrected chi connectivity index (χ1v) is 10.6. The van der Waals surface area contributed by atoms with Crippen LogP contribution < -0.4 is 10.6 Å². The molecule has 6 rings (SSSR count). The molecule has 0 saturated carbocycles. The molecule has 0 bridgehead atoms. The summed E-state index contributed by atoms with van der Waals surface area (Å²) in [6.07, 6.45) is 3.45. The Morgan fingerprint density at radius 1 is 0.714 bits per heavy atom. The van der Waals surface area contributed by atoms with Crippen molar-refractivity contribution < 1.29 is 9.72 Å². The molecule has 0 atom stereocenters. The predicted octanol–water partition coefficient (Wildman–Crippen LogP) is 5.43. The van der Waals surface area contributed by atoms with Gasteiger partial charge in [-0.2, -0.15) is 0 Å². The van der Waals surface area contributed by atoms with Gasteiger partial charge in [-0.05, 0) is 48.5 Å². The number of aromatic nitrogens is 4. The number of nitrogens with zero attached hydrogens (tertiary/aromatic N) is 5. The topological polar surface area (TPSA) is 136 Å². The standard InChI is InChI=1S/C25H15N7O3/c33-25(28-14-4-1-5-16(12-14)32(34)35)29-15-8-9-19-20(13-15)31-24-18-7-3-11-27-22(18)21-17(23(24)30-19)6-2-10-26-21/h1-13H,(H2,28,29,33). The van der Waals surface area contributed by atoms with Gasteiger partial charge in [0.1, 0.15) is 0 Å². The van der Waals surface area contributed by atoms with E-state index in [1.807, 2.05) is 24.3 Å². The summed E-state index contributed by atoms with van der Waals surface area (Å²) in [6.45, 7) is 0. The lowest BCUT2D eigenvalue weighted by molar-refractivity contribution is -0.384. The number of nitro groups is 1. The minimum atomic E-state index is -0.537. The number of hydrogen-bond donors (Lipinski definition) is 2. The normalized spacial score (nSPS) is 11.2. The molecule has 6 aromatic rings. The highest BCUT2D eigenvalue weighted by molar-refractivity contribution is 6.21. The van der Waals surface area contributed by atoms with Crippen molar-refractivity contribution >= 4 is 67.0 Å². The molecule has 10 heteroatoms. The molecule has 0 radical (unpaired) electrons. The van der Waals surface area contributed by atoms with Crippen LogP contribution in [0.4, 0.5) is 21.9 Å². The molecule has 3 aromatic carbocycles. The highest BCUT2D eigenvalue weighted by Gasteiger charge is 2.14. The summed E-state index contributed by atoms with van der Waals surface area (Å²) in [5.41, 5.74) is 4.89. The van der Waals surface area contributed by atoms with Crippen molar-refractivity contribution in [3.63, 3.8) is 0 Å². The van der Waals surface area contributed by atoms with Crippen LogP contribution in [0.15, 0.2) is 79.1 Å². The molecule has 0 spiro atoms. The van der Waals surface area contributed by atoms with Crippen LogP contribution in [0.25, 0.3) is 43.9 Å². The summed E-state index contributed by atoms with van der Waals surface area (Å²) in [6, 6.07) is 18.0. The lowest BCUT2D eigenvalue weighted by atomic mass is 10.1. The third-order valence-corrected chi connectivity index (χ3v) is 5.59. The SMILES string of the molecule is O=C(Nc1cccc([N+](=O)[O-])c1)Nc1ccc2nc3c4cccnc4c4ncccc4c3nc2c1. The van der Waals surface area contributed by atoms with Crippen molar-refractivity contribution in [1.82, 2.24) is 19.9 Å². The van der Waals surface area contributed by atoms with Gasteiger partial charge < -0.3 is 10.6 Å². The Hall–Kier alpha value is -5.25. The fourth-order valence-electron chi connectivity index (χ4n) is 4.07. The zero-order valence-corrected chi connectivity index (χ0v) is 18.0. The summed E-state index contributed by atoms with van der Waals surface area (Å²) in [7, 11) is 0. The van der Waals surface area contributed by atoms with Gasteiger partial charge in [-0.3, -0.25) is 20.1 Å². The molecule has 2 amide bonds. The summed E-state index contributed by atoms with van der Waals surface area (Å²) in [5, 5.41) is 18.0. The van der Waals surface area contributed by atoms with Gasteiger partial charge >= 0.3 is 6.03 Å². The van der Waals surface area contributed by atoms with Crippen LogP contribution in [0.5, 0.6) is 0 Å². The lowest BCUT2D eigenvalue weighted by Gasteiger charge is -2.10. The smallest absolute Gasteiger partial charge is 0.308 e. The van der Waals surface area contributed by atoms with Crippen molar-refractivity contribution in [2.45, 2.75) is 0 Å². The van der Waals surface area contributed by atoms with Gasteiger partial charge in [-0.1, -0.05) is 6.07 Å². The number of benzene rings is 3. The number of amides is 2. The number of pyridine rings is 2. The van der Waals surface area contributed by atoms with E-state index in [-0.39, 0.29) is 5.69 Å². The van der Waals surface area contributed by atoms with Crippen LogP contribution in [-0.2, 0) is 0 Å². The number of carbonyl (C=O) groups is 1. The number of rotatable bonds is 3. The third-order valence-electron chi connectivity index (χ3n) is 5.59. The van der Waals surface area contributed by atoms with E-state index >= 15 is 0 Å². The molecular weight excluding hydrogens is 446 g/mol. The Balaban J connectivity index is 1.40. The Labute approximate surface area is 196 Å². The number of carbonyl (C=O) groups excluding carboxylic acids is 1. The number of nitro benzene ring substituents is 1. The van der Waals surface area contributed by atoms with E-state index < -0.39 is 11.0 Å². The molecule has 168 valence electrons. The molecule has 0 saturated heterocycles. The number of anilines is 2. The fraction of sp³-hybridized carbons (Fsp3) is 0. The van der Waals surface area contributed by atoms with Crippen LogP contribution in [0.2, 0.25) is 0 Å². The Morgan fingerprint density at radius 3 is 2.00 bits per heavy atom. The average molecular weight is 461 g/mol. The molecule has 0 fully saturated rings. The second kappa shape index (κ2) is 7.96. The van der Waals surface area contributed by atoms with E-state index in [2.05, 4.69) is 20.6 Å². The summed E-state index contributed by atoms with van der Waals surface area (Å²) >= 11 is 0. The molecule has 0 aliphatic carbocycles. The first kappa shape index (κ1) is 20.4. The van der Waals surface area contributed by atoms with E-state index in [1.165, 1.54) is 18.2 Å². The van der Waals surface area contributed by atoms with Crippen LogP contribution in [0.1, 0.15) is 0 Å². The van der Waals surface area contributed by atoms with Crippen LogP contribution in [-0.4, -0.2) is 30.9 Å². The van der Waals surface area contributed by atoms with Crippen LogP contribution in [0, 0.1) is 10.1 Å². The van der Waals surface area contributed by atoms with Gasteiger partial charge in [0.25, 0.3) is 5.69 Å². The summed E-state index contributed by atoms with van der Waals surface area (Å²) < 4.78 is 0. The molecule has 0 aliphatic rings. The van der Waals surface area contributed by atoms with Crippen molar-refractivity contribution in [3.8, 4) is 0 Å². The van der Waals surface area contributed by atoms with Gasteiger partial charge in [0.05, 0.1) is 38.0 Å². The molecule has 3 heterocycles. The van der Waals surface area contributed by atoms with Gasteiger partial charge in [-0.15, -0.1) is 0 Å². The molecule has 2 N–H and O–H groups in total. The van der Waals surface area contributed by atoms with Gasteiger partial charge in [0.2, 0.25) is 0 Å². The Morgan fingerprint density at radius 2 is 1.34 bits per heavy atom. The van der Waals surface area contributed by atoms with Crippen molar-refractivity contribution in [2.24, 2.45) is 0 Å². The average Bonchev–Trinajstić information content (AvgIpc) is 2.88. The Kier molecular flexibility index (Phi) is 4.63. The van der Waals surface area contributed by atoms with Crippen LogP contribution in [0.3, 0.4) is 0 Å². The highest BCUT2D eigenvalue weighted by Crippen LogP contribution is 2.32. The zero-order valence-electron chi connectivity index (χ0n) is 18.0. The highest BCUT2D eigenvalue weighted by atomic mass is 16.6. The van der Waals surface area contributed by atoms with Crippen molar-refractivity contribution in [1.29, 1.82) is 0 Å². The van der Waals surface area contributed by atoms with E-state index in [0.717, 1.165) is 27.3 Å². The third kappa shape index (κ3) is 3.59. The zero-order chi connectivity index (χ0) is 23.9. The fourth-order valence-corrected chi connectivity index (χ4v) is 4.07. The molecule has 0 aliphatic heterocycles. The number of hydrogen-bond acceptors (Lipinski definition) is 7. The first-order valence-electron chi connectivity index (χ1n) is 10.6. The van der Waals surface area contributed by atoms with Crippen LogP contribution >= 0.6 is 0 Å². The van der Waals surface area contributed by atoms with E-state index in [0.29, 0.717) is 27.9 Å². The Bertz CT molecular complexity index is 1820. The maximum Gasteiger partial charge on any atom is 0.323 e. The maximum atomic E-state index is 12.5.